The van der Waals surface area contributed by atoms with Crippen molar-refractivity contribution in [2.75, 3.05) is 7.05 Å². The molecule has 0 heterocycles. The maximum absolute atomic E-state index is 12.5. The molecule has 0 radical (unpaired) electrons. The van der Waals surface area contributed by atoms with Gasteiger partial charge < -0.3 is 10.2 Å². The van der Waals surface area contributed by atoms with E-state index in [4.69, 9.17) is 10.4 Å². The van der Waals surface area contributed by atoms with Gasteiger partial charge in [0.1, 0.15) is 11.3 Å². The molecule has 0 bridgehead atoms. The number of carboxylic acid groups (broad SMARTS) is 1. The first-order valence-electron chi connectivity index (χ1n) is 6.04. The van der Waals surface area contributed by atoms with Crippen molar-refractivity contribution in [2.45, 2.75) is 31.2 Å². The molecule has 0 fully saturated rings. The van der Waals surface area contributed by atoms with Gasteiger partial charge in [0, 0.05) is 13.1 Å². The van der Waals surface area contributed by atoms with Crippen LogP contribution in [0.2, 0.25) is 0 Å². The molecule has 0 spiro atoms. The molecular formula is C13H16N2O5S. The van der Waals surface area contributed by atoms with Gasteiger partial charge in [0.2, 0.25) is 10.0 Å². The lowest BCUT2D eigenvalue weighted by molar-refractivity contribution is 0.0693. The Hall–Kier alpha value is -2.11. The van der Waals surface area contributed by atoms with Gasteiger partial charge in [0.05, 0.1) is 17.4 Å². The number of hydrogen-bond acceptors (Lipinski definition) is 5. The predicted octanol–water partition coefficient (Wildman–Crippen LogP) is 1.32. The van der Waals surface area contributed by atoms with Gasteiger partial charge in [0.25, 0.3) is 0 Å². The van der Waals surface area contributed by atoms with E-state index in [1.807, 2.05) is 6.07 Å². The quantitative estimate of drug-likeness (QED) is 0.846. The van der Waals surface area contributed by atoms with Crippen molar-refractivity contribution in [3.63, 3.8) is 0 Å². The van der Waals surface area contributed by atoms with Gasteiger partial charge in [-0.25, -0.2) is 13.2 Å². The van der Waals surface area contributed by atoms with E-state index in [0.717, 1.165) is 16.4 Å². The van der Waals surface area contributed by atoms with E-state index in [2.05, 4.69) is 0 Å². The van der Waals surface area contributed by atoms with Crippen molar-refractivity contribution in [2.24, 2.45) is 0 Å². The Morgan fingerprint density at radius 3 is 2.52 bits per heavy atom. The van der Waals surface area contributed by atoms with Gasteiger partial charge in [-0.15, -0.1) is 0 Å². The van der Waals surface area contributed by atoms with Crippen LogP contribution in [0.4, 0.5) is 0 Å². The molecule has 0 amide bonds. The van der Waals surface area contributed by atoms with Crippen LogP contribution in [0.5, 0.6) is 5.75 Å². The van der Waals surface area contributed by atoms with Crippen LogP contribution in [-0.4, -0.2) is 42.0 Å². The number of carbonyl (C=O) groups is 1. The lowest BCUT2D eigenvalue weighted by atomic mass is 10.1. The first-order chi connectivity index (χ1) is 9.62. The summed E-state index contributed by atoms with van der Waals surface area (Å²) in [4.78, 5) is 10.8. The molecule has 1 atom stereocenters. The predicted molar refractivity (Wildman–Crippen MR) is 74.4 cm³/mol. The molecule has 0 aromatic heterocycles. The average molecular weight is 312 g/mol. The fraction of sp³-hybridized carbons (Fsp3) is 0.385. The summed E-state index contributed by atoms with van der Waals surface area (Å²) in [5, 5.41) is 27.2. The van der Waals surface area contributed by atoms with Gasteiger partial charge in [-0.05, 0) is 31.5 Å². The Balaban J connectivity index is 3.42. The second-order valence-electron chi connectivity index (χ2n) is 4.67. The number of phenols is 1. The second kappa shape index (κ2) is 6.11. The summed E-state index contributed by atoms with van der Waals surface area (Å²) in [5.74, 6) is -1.91. The molecule has 1 rings (SSSR count). The zero-order valence-electron chi connectivity index (χ0n) is 11.9. The SMILES string of the molecule is Cc1cc(O)c(C(=O)O)cc1S(=O)(=O)N(C)C(C)CC#N. The average Bonchev–Trinajstić information content (AvgIpc) is 2.37. The van der Waals surface area contributed by atoms with Gasteiger partial charge in [-0.2, -0.15) is 9.57 Å². The number of aromatic carboxylic acids is 1. The molecule has 8 heteroatoms. The monoisotopic (exact) mass is 312 g/mol. The van der Waals surface area contributed by atoms with Crippen LogP contribution in [0.3, 0.4) is 0 Å². The van der Waals surface area contributed by atoms with Gasteiger partial charge >= 0.3 is 5.97 Å². The van der Waals surface area contributed by atoms with Crippen LogP contribution >= 0.6 is 0 Å². The Kier molecular flexibility index (Phi) is 4.93. The highest BCUT2D eigenvalue weighted by Gasteiger charge is 2.28. The first kappa shape index (κ1) is 16.9. The van der Waals surface area contributed by atoms with E-state index in [0.29, 0.717) is 0 Å². The molecule has 0 saturated heterocycles. The standard InChI is InChI=1S/C13H16N2O5S/c1-8-6-11(16)10(13(17)18)7-12(8)21(19,20)15(3)9(2)4-5-14/h6-7,9,16H,4H2,1-3H3,(H,17,18). The molecule has 0 saturated carbocycles. The van der Waals surface area contributed by atoms with Crippen molar-refractivity contribution < 1.29 is 23.4 Å². The molecule has 114 valence electrons. The van der Waals surface area contributed by atoms with Gasteiger partial charge in [-0.3, -0.25) is 0 Å². The number of aryl methyl sites for hydroxylation is 1. The fourth-order valence-electron chi connectivity index (χ4n) is 1.77. The molecule has 7 nitrogen and oxygen atoms in total. The van der Waals surface area contributed by atoms with Crippen LogP contribution in [0.25, 0.3) is 0 Å². The zero-order chi connectivity index (χ0) is 16.4. The third-order valence-electron chi connectivity index (χ3n) is 3.19. The van der Waals surface area contributed by atoms with Crippen LogP contribution in [0.15, 0.2) is 17.0 Å². The van der Waals surface area contributed by atoms with Crippen molar-refractivity contribution in [1.29, 1.82) is 5.26 Å². The lowest BCUT2D eigenvalue weighted by Crippen LogP contribution is -2.35. The normalized spacial score (nSPS) is 12.9. The maximum Gasteiger partial charge on any atom is 0.339 e. The first-order valence-corrected chi connectivity index (χ1v) is 7.48. The molecule has 0 aliphatic carbocycles. The molecule has 21 heavy (non-hydrogen) atoms. The minimum Gasteiger partial charge on any atom is -0.507 e. The van der Waals surface area contributed by atoms with E-state index < -0.39 is 33.3 Å². The largest absolute Gasteiger partial charge is 0.507 e. The third kappa shape index (κ3) is 3.32. The molecule has 1 unspecified atom stereocenters. The van der Waals surface area contributed by atoms with E-state index in [1.54, 1.807) is 6.92 Å². The lowest BCUT2D eigenvalue weighted by Gasteiger charge is -2.23. The van der Waals surface area contributed by atoms with Crippen LogP contribution in [0.1, 0.15) is 29.3 Å². The Labute approximate surface area is 123 Å². The highest BCUT2D eigenvalue weighted by molar-refractivity contribution is 7.89. The third-order valence-corrected chi connectivity index (χ3v) is 5.30. The van der Waals surface area contributed by atoms with Crippen molar-refractivity contribution in [3.05, 3.63) is 23.3 Å². The number of aromatic hydroxyl groups is 1. The van der Waals surface area contributed by atoms with E-state index in [1.165, 1.54) is 14.0 Å². The van der Waals surface area contributed by atoms with E-state index >= 15 is 0 Å². The zero-order valence-corrected chi connectivity index (χ0v) is 12.7. The fourth-order valence-corrected chi connectivity index (χ4v) is 3.37. The van der Waals surface area contributed by atoms with Crippen LogP contribution in [0, 0.1) is 18.3 Å². The molecule has 1 aromatic rings. The Morgan fingerprint density at radius 1 is 1.48 bits per heavy atom. The summed E-state index contributed by atoms with van der Waals surface area (Å²) in [6.07, 6.45) is 0.0125. The number of sulfonamides is 1. The highest BCUT2D eigenvalue weighted by atomic mass is 32.2. The van der Waals surface area contributed by atoms with Gasteiger partial charge in [-0.1, -0.05) is 0 Å². The minimum atomic E-state index is -3.96. The molecule has 0 aliphatic heterocycles. The summed E-state index contributed by atoms with van der Waals surface area (Å²) in [7, 11) is -2.63. The number of rotatable bonds is 5. The summed E-state index contributed by atoms with van der Waals surface area (Å²) in [6.45, 7) is 3.04. The number of carboxylic acids is 1. The van der Waals surface area contributed by atoms with Crippen molar-refractivity contribution >= 4 is 16.0 Å². The van der Waals surface area contributed by atoms with Crippen molar-refractivity contribution in [1.82, 2.24) is 4.31 Å². The molecule has 0 aliphatic rings. The van der Waals surface area contributed by atoms with E-state index in [-0.39, 0.29) is 16.9 Å². The number of hydrogen-bond donors (Lipinski definition) is 2. The molecule has 2 N–H and O–H groups in total. The Bertz CT molecular complexity index is 706. The maximum atomic E-state index is 12.5. The summed E-state index contributed by atoms with van der Waals surface area (Å²) in [5.41, 5.74) is -0.256. The number of nitrogens with zero attached hydrogens (tertiary/aromatic N) is 2. The Morgan fingerprint density at radius 2 is 2.05 bits per heavy atom. The summed E-state index contributed by atoms with van der Waals surface area (Å²) < 4.78 is 26.0. The molecule has 1 aromatic carbocycles. The number of nitriles is 1. The van der Waals surface area contributed by atoms with Crippen LogP contribution < -0.4 is 0 Å². The van der Waals surface area contributed by atoms with Crippen molar-refractivity contribution in [3.8, 4) is 11.8 Å². The van der Waals surface area contributed by atoms with Gasteiger partial charge in [0.15, 0.2) is 0 Å². The van der Waals surface area contributed by atoms with Crippen LogP contribution in [-0.2, 0) is 10.0 Å². The molecular weight excluding hydrogens is 296 g/mol. The minimum absolute atomic E-state index is 0.0125. The van der Waals surface area contributed by atoms with E-state index in [9.17, 15) is 18.3 Å². The summed E-state index contributed by atoms with van der Waals surface area (Å²) >= 11 is 0. The second-order valence-corrected chi connectivity index (χ2v) is 6.64. The topological polar surface area (TPSA) is 119 Å². The number of benzene rings is 1. The highest BCUT2D eigenvalue weighted by Crippen LogP contribution is 2.28. The summed E-state index contributed by atoms with van der Waals surface area (Å²) in [6, 6.07) is 3.36. The smallest absolute Gasteiger partial charge is 0.339 e.